The van der Waals surface area contributed by atoms with Gasteiger partial charge in [-0.25, -0.2) is 0 Å². The Labute approximate surface area is 111 Å². The second-order valence-electron chi connectivity index (χ2n) is 2.79. The van der Waals surface area contributed by atoms with E-state index in [9.17, 15) is 4.79 Å². The number of hydrogen-bond donors (Lipinski definition) is 1. The summed E-state index contributed by atoms with van der Waals surface area (Å²) < 4.78 is 1.22. The topological polar surface area (TPSA) is 37.3 Å². The van der Waals surface area contributed by atoms with Crippen LogP contribution in [0.25, 0.3) is 0 Å². The molecule has 0 amide bonds. The van der Waals surface area contributed by atoms with Crippen LogP contribution in [0.3, 0.4) is 0 Å². The largest absolute Gasteiger partial charge is 0.481 e. The van der Waals surface area contributed by atoms with E-state index in [1.807, 2.05) is 6.07 Å². The first-order chi connectivity index (χ1) is 7.13. The van der Waals surface area contributed by atoms with E-state index >= 15 is 0 Å². The number of hydrogen-bond acceptors (Lipinski definition) is 3. The van der Waals surface area contributed by atoms with Crippen molar-refractivity contribution in [2.45, 2.75) is 16.2 Å². The molecule has 0 saturated carbocycles. The molecule has 0 atom stereocenters. The van der Waals surface area contributed by atoms with Crippen LogP contribution in [0.15, 0.2) is 28.0 Å². The maximum Gasteiger partial charge on any atom is 0.304 e. The number of benzene rings is 1. The van der Waals surface area contributed by atoms with Crippen molar-refractivity contribution in [3.8, 4) is 0 Å². The summed E-state index contributed by atoms with van der Waals surface area (Å²) in [6, 6.07) is 6.22. The van der Waals surface area contributed by atoms with Gasteiger partial charge in [-0.2, -0.15) is 0 Å². The lowest BCUT2D eigenvalue weighted by atomic mass is 10.4. The molecule has 0 aromatic heterocycles. The van der Waals surface area contributed by atoms with Gasteiger partial charge in [0.25, 0.3) is 0 Å². The van der Waals surface area contributed by atoms with Crippen molar-refractivity contribution in [1.29, 1.82) is 0 Å². The van der Waals surface area contributed by atoms with E-state index < -0.39 is 5.97 Å². The molecule has 2 nitrogen and oxygen atoms in total. The van der Waals surface area contributed by atoms with Crippen LogP contribution in [-0.4, -0.2) is 23.1 Å². The summed E-state index contributed by atoms with van der Waals surface area (Å²) in [7, 11) is 0. The summed E-state index contributed by atoms with van der Waals surface area (Å²) >= 11 is 5.61. The zero-order chi connectivity index (χ0) is 11.3. The molecule has 0 aliphatic heterocycles. The second-order valence-corrected chi connectivity index (χ2v) is 5.97. The number of carboxylic acids is 1. The smallest absolute Gasteiger partial charge is 0.304 e. The van der Waals surface area contributed by atoms with Gasteiger partial charge < -0.3 is 5.11 Å². The lowest BCUT2D eigenvalue weighted by molar-refractivity contribution is -0.136. The van der Waals surface area contributed by atoms with Crippen molar-refractivity contribution in [2.24, 2.45) is 0 Å². The molecule has 82 valence electrons. The van der Waals surface area contributed by atoms with E-state index in [1.165, 1.54) is 8.47 Å². The molecule has 0 saturated heterocycles. The Balaban J connectivity index is 2.55. The maximum absolute atomic E-state index is 10.3. The van der Waals surface area contributed by atoms with Crippen molar-refractivity contribution < 1.29 is 9.90 Å². The summed E-state index contributed by atoms with van der Waals surface area (Å²) in [5.74, 6) is -0.109. The van der Waals surface area contributed by atoms with E-state index in [-0.39, 0.29) is 6.42 Å². The van der Waals surface area contributed by atoms with Crippen molar-refractivity contribution in [1.82, 2.24) is 0 Å². The molecule has 0 aliphatic rings. The Morgan fingerprint density at radius 1 is 1.53 bits per heavy atom. The SMILES string of the molecule is CSc1ccc(SCCC(=O)O)cc1I. The molecule has 1 aromatic rings. The molecule has 1 aromatic carbocycles. The van der Waals surface area contributed by atoms with Gasteiger partial charge >= 0.3 is 5.97 Å². The quantitative estimate of drug-likeness (QED) is 0.648. The van der Waals surface area contributed by atoms with Crippen LogP contribution in [0, 0.1) is 3.57 Å². The first-order valence-electron chi connectivity index (χ1n) is 4.31. The number of carboxylic acid groups (broad SMARTS) is 1. The molecule has 0 bridgehead atoms. The molecule has 0 fully saturated rings. The summed E-state index contributed by atoms with van der Waals surface area (Å²) in [5, 5.41) is 8.51. The lowest BCUT2D eigenvalue weighted by Gasteiger charge is -2.04. The zero-order valence-corrected chi connectivity index (χ0v) is 12.0. The number of aliphatic carboxylic acids is 1. The van der Waals surface area contributed by atoms with Gasteiger partial charge in [0.05, 0.1) is 6.42 Å². The third-order valence-corrected chi connectivity index (χ3v) is 4.76. The normalized spacial score (nSPS) is 10.3. The highest BCUT2D eigenvalue weighted by Gasteiger charge is 2.02. The van der Waals surface area contributed by atoms with E-state index in [4.69, 9.17) is 5.11 Å². The Morgan fingerprint density at radius 2 is 2.27 bits per heavy atom. The van der Waals surface area contributed by atoms with Crippen LogP contribution >= 0.6 is 46.1 Å². The summed E-state index contributed by atoms with van der Waals surface area (Å²) in [6.07, 6.45) is 2.26. The highest BCUT2D eigenvalue weighted by atomic mass is 127. The third-order valence-electron chi connectivity index (χ3n) is 1.71. The van der Waals surface area contributed by atoms with Gasteiger partial charge in [-0.15, -0.1) is 23.5 Å². The minimum atomic E-state index is -0.738. The van der Waals surface area contributed by atoms with Crippen LogP contribution in [0.5, 0.6) is 0 Å². The fourth-order valence-corrected chi connectivity index (χ4v) is 3.72. The van der Waals surface area contributed by atoms with Crippen molar-refractivity contribution >= 4 is 52.1 Å². The van der Waals surface area contributed by atoms with Crippen LogP contribution in [-0.2, 0) is 4.79 Å². The van der Waals surface area contributed by atoms with Crippen molar-refractivity contribution in [3.63, 3.8) is 0 Å². The molecule has 1 rings (SSSR count). The Bertz CT molecular complexity index is 355. The summed E-state index contributed by atoms with van der Waals surface area (Å²) in [6.45, 7) is 0. The average Bonchev–Trinajstić information content (AvgIpc) is 2.17. The molecule has 0 heterocycles. The number of carbonyl (C=O) groups is 1. The summed E-state index contributed by atoms with van der Waals surface area (Å²) in [4.78, 5) is 12.7. The number of thioether (sulfide) groups is 2. The van der Waals surface area contributed by atoms with Crippen LogP contribution < -0.4 is 0 Å². The molecule has 15 heavy (non-hydrogen) atoms. The monoisotopic (exact) mass is 354 g/mol. The van der Waals surface area contributed by atoms with Crippen molar-refractivity contribution in [3.05, 3.63) is 21.8 Å². The maximum atomic E-state index is 10.3. The van der Waals surface area contributed by atoms with Gasteiger partial charge in [0.1, 0.15) is 0 Å². The van der Waals surface area contributed by atoms with E-state index in [1.54, 1.807) is 23.5 Å². The lowest BCUT2D eigenvalue weighted by Crippen LogP contribution is -1.95. The zero-order valence-electron chi connectivity index (χ0n) is 8.20. The standard InChI is InChI=1S/C10H11IO2S2/c1-14-9-3-2-7(6-8(9)11)15-5-4-10(12)13/h2-3,6H,4-5H2,1H3,(H,12,13). The van der Waals surface area contributed by atoms with Gasteiger partial charge in [0.15, 0.2) is 0 Å². The fraction of sp³-hybridized carbons (Fsp3) is 0.300. The third kappa shape index (κ3) is 4.65. The summed E-state index contributed by atoms with van der Waals surface area (Å²) in [5.41, 5.74) is 0. The predicted octanol–water partition coefficient (Wildman–Crippen LogP) is 3.58. The highest BCUT2D eigenvalue weighted by molar-refractivity contribution is 14.1. The molecule has 0 radical (unpaired) electrons. The van der Waals surface area contributed by atoms with E-state index in [2.05, 4.69) is 41.0 Å². The van der Waals surface area contributed by atoms with Gasteiger partial charge in [-0.3, -0.25) is 4.79 Å². The molecule has 0 spiro atoms. The Morgan fingerprint density at radius 3 is 2.80 bits per heavy atom. The molecular formula is C10H11IO2S2. The second kappa shape index (κ2) is 6.65. The first kappa shape index (κ1) is 13.2. The molecule has 5 heteroatoms. The van der Waals surface area contributed by atoms with E-state index in [0.717, 1.165) is 4.90 Å². The van der Waals surface area contributed by atoms with Crippen LogP contribution in [0.2, 0.25) is 0 Å². The Kier molecular flexibility index (Phi) is 5.84. The van der Waals surface area contributed by atoms with Crippen LogP contribution in [0.1, 0.15) is 6.42 Å². The van der Waals surface area contributed by atoms with Crippen molar-refractivity contribution in [2.75, 3.05) is 12.0 Å². The molecular weight excluding hydrogens is 343 g/mol. The fourth-order valence-electron chi connectivity index (χ4n) is 0.993. The number of rotatable bonds is 5. The predicted molar refractivity (Wildman–Crippen MR) is 73.9 cm³/mol. The minimum absolute atomic E-state index is 0.214. The number of halogens is 1. The Hall–Kier alpha value is 0.120. The van der Waals surface area contributed by atoms with Gasteiger partial charge in [0.2, 0.25) is 0 Å². The highest BCUT2D eigenvalue weighted by Crippen LogP contribution is 2.27. The van der Waals surface area contributed by atoms with E-state index in [0.29, 0.717) is 5.75 Å². The molecule has 1 N–H and O–H groups in total. The van der Waals surface area contributed by atoms with Gasteiger partial charge in [0, 0.05) is 19.1 Å². The van der Waals surface area contributed by atoms with Crippen LogP contribution in [0.4, 0.5) is 0 Å². The molecule has 0 aliphatic carbocycles. The van der Waals surface area contributed by atoms with Gasteiger partial charge in [-0.05, 0) is 47.0 Å². The average molecular weight is 354 g/mol. The van der Waals surface area contributed by atoms with Gasteiger partial charge in [-0.1, -0.05) is 0 Å². The minimum Gasteiger partial charge on any atom is -0.481 e. The molecule has 0 unspecified atom stereocenters. The first-order valence-corrected chi connectivity index (χ1v) is 7.60.